The summed E-state index contributed by atoms with van der Waals surface area (Å²) >= 11 is 3.99. The van der Waals surface area contributed by atoms with Crippen molar-refractivity contribution in [1.82, 2.24) is 0 Å². The maximum absolute atomic E-state index is 11.6. The van der Waals surface area contributed by atoms with E-state index in [4.69, 9.17) is 4.74 Å². The van der Waals surface area contributed by atoms with Crippen molar-refractivity contribution in [2.75, 3.05) is 18.6 Å². The Morgan fingerprint density at radius 3 is 2.80 bits per heavy atom. The van der Waals surface area contributed by atoms with Crippen molar-refractivity contribution in [2.24, 2.45) is 11.8 Å². The van der Waals surface area contributed by atoms with Crippen LogP contribution in [-0.2, 0) is 9.53 Å². The maximum Gasteiger partial charge on any atom is 0.309 e. The molecule has 0 saturated carbocycles. The van der Waals surface area contributed by atoms with Crippen molar-refractivity contribution in [3.05, 3.63) is 12.2 Å². The van der Waals surface area contributed by atoms with Gasteiger partial charge in [0.2, 0.25) is 0 Å². The summed E-state index contributed by atoms with van der Waals surface area (Å²) in [6.07, 6.45) is 6.49. The zero-order chi connectivity index (χ0) is 10.7. The van der Waals surface area contributed by atoms with Gasteiger partial charge in [-0.2, -0.15) is 0 Å². The molecule has 0 radical (unpaired) electrons. The summed E-state index contributed by atoms with van der Waals surface area (Å²) in [5, 5.41) is 0. The third-order valence-corrected chi connectivity index (χ3v) is 6.03. The van der Waals surface area contributed by atoms with Crippen molar-refractivity contribution in [3.63, 3.8) is 0 Å². The molecule has 0 aromatic rings. The summed E-state index contributed by atoms with van der Waals surface area (Å²) in [4.78, 5) is 11.6. The summed E-state index contributed by atoms with van der Waals surface area (Å²) < 4.78 is 5.41. The second-order valence-corrected chi connectivity index (χ2v) is 6.63. The number of hydrogen-bond donors (Lipinski definition) is 0. The smallest absolute Gasteiger partial charge is 0.309 e. The highest BCUT2D eigenvalue weighted by Gasteiger charge is 2.36. The molecule has 0 N–H and O–H groups in total. The van der Waals surface area contributed by atoms with E-state index in [9.17, 15) is 4.79 Å². The van der Waals surface area contributed by atoms with Gasteiger partial charge in [-0.1, -0.05) is 12.2 Å². The van der Waals surface area contributed by atoms with Gasteiger partial charge in [-0.25, -0.2) is 0 Å². The van der Waals surface area contributed by atoms with E-state index in [2.05, 4.69) is 12.2 Å². The lowest BCUT2D eigenvalue weighted by Gasteiger charge is -2.28. The van der Waals surface area contributed by atoms with Gasteiger partial charge in [0.15, 0.2) is 0 Å². The molecule has 0 spiro atoms. The second kappa shape index (κ2) is 5.30. The van der Waals surface area contributed by atoms with Crippen LogP contribution in [0, 0.1) is 11.8 Å². The zero-order valence-electron chi connectivity index (χ0n) is 8.85. The minimum Gasteiger partial charge on any atom is -0.469 e. The van der Waals surface area contributed by atoms with Gasteiger partial charge < -0.3 is 4.74 Å². The first-order chi connectivity index (χ1) is 7.33. The van der Waals surface area contributed by atoms with E-state index in [-0.39, 0.29) is 11.9 Å². The number of rotatable bonds is 2. The Kier molecular flexibility index (Phi) is 4.03. The fourth-order valence-corrected chi connectivity index (χ4v) is 5.32. The first-order valence-corrected chi connectivity index (χ1v) is 7.40. The van der Waals surface area contributed by atoms with Crippen LogP contribution in [0.1, 0.15) is 12.8 Å². The van der Waals surface area contributed by atoms with Crippen LogP contribution in [0.3, 0.4) is 0 Å². The fraction of sp³-hybridized carbons (Fsp3) is 0.727. The Hall–Kier alpha value is -0.0900. The summed E-state index contributed by atoms with van der Waals surface area (Å²) in [5.41, 5.74) is 0. The van der Waals surface area contributed by atoms with Crippen molar-refractivity contribution >= 4 is 29.5 Å². The fourth-order valence-electron chi connectivity index (χ4n) is 2.09. The molecule has 0 unspecified atom stereocenters. The third kappa shape index (κ3) is 2.53. The quantitative estimate of drug-likeness (QED) is 0.551. The molecule has 0 aromatic heterocycles. The average molecular weight is 244 g/mol. The Morgan fingerprint density at radius 1 is 1.40 bits per heavy atom. The Labute approximate surface area is 99.2 Å². The second-order valence-electron chi connectivity index (χ2n) is 3.83. The number of carbonyl (C=O) groups excluding carboxylic acids is 1. The molecule has 2 atom stereocenters. The monoisotopic (exact) mass is 244 g/mol. The van der Waals surface area contributed by atoms with Crippen LogP contribution in [0.5, 0.6) is 0 Å². The zero-order valence-corrected chi connectivity index (χ0v) is 10.5. The number of hydrogen-bond acceptors (Lipinski definition) is 4. The van der Waals surface area contributed by atoms with Gasteiger partial charge in [-0.15, -0.1) is 23.5 Å². The molecule has 1 aliphatic heterocycles. The molecule has 1 heterocycles. The lowest BCUT2D eigenvalue weighted by atomic mass is 9.97. The number of ether oxygens (including phenoxy) is 1. The van der Waals surface area contributed by atoms with Gasteiger partial charge in [0.05, 0.1) is 17.6 Å². The average Bonchev–Trinajstić information content (AvgIpc) is 2.78. The van der Waals surface area contributed by atoms with Crippen LogP contribution in [0.25, 0.3) is 0 Å². The van der Waals surface area contributed by atoms with Crippen LogP contribution in [-0.4, -0.2) is 29.2 Å². The molecular formula is C11H16O2S2. The highest BCUT2D eigenvalue weighted by Crippen LogP contribution is 2.43. The molecule has 2 nitrogen and oxygen atoms in total. The molecule has 2 rings (SSSR count). The first-order valence-electron chi connectivity index (χ1n) is 5.30. The van der Waals surface area contributed by atoms with Crippen LogP contribution in [0.4, 0.5) is 0 Å². The molecular weight excluding hydrogens is 228 g/mol. The molecule has 0 bridgehead atoms. The van der Waals surface area contributed by atoms with Gasteiger partial charge in [0.1, 0.15) is 0 Å². The molecule has 1 fully saturated rings. The molecule has 4 heteroatoms. The largest absolute Gasteiger partial charge is 0.469 e. The molecule has 0 amide bonds. The predicted molar refractivity (Wildman–Crippen MR) is 66.1 cm³/mol. The number of esters is 1. The summed E-state index contributed by atoms with van der Waals surface area (Å²) in [7, 11) is 1.48. The van der Waals surface area contributed by atoms with Gasteiger partial charge in [-0.3, -0.25) is 4.79 Å². The van der Waals surface area contributed by atoms with Crippen LogP contribution < -0.4 is 0 Å². The van der Waals surface area contributed by atoms with E-state index in [0.717, 1.165) is 6.42 Å². The minimum absolute atomic E-state index is 0.0447. The summed E-state index contributed by atoms with van der Waals surface area (Å²) in [6, 6.07) is 0. The van der Waals surface area contributed by atoms with E-state index in [0.29, 0.717) is 10.5 Å². The molecule has 2 aliphatic rings. The number of thioether (sulfide) groups is 2. The van der Waals surface area contributed by atoms with Crippen LogP contribution in [0.2, 0.25) is 0 Å². The number of allylic oxidation sites excluding steroid dienone is 2. The first kappa shape index (κ1) is 11.4. The number of carbonyl (C=O) groups is 1. The number of methoxy groups -OCH3 is 1. The van der Waals surface area contributed by atoms with Crippen molar-refractivity contribution in [3.8, 4) is 0 Å². The third-order valence-electron chi connectivity index (χ3n) is 2.88. The van der Waals surface area contributed by atoms with Crippen LogP contribution >= 0.6 is 23.5 Å². The molecule has 15 heavy (non-hydrogen) atoms. The molecule has 0 aromatic carbocycles. The van der Waals surface area contributed by atoms with Gasteiger partial charge >= 0.3 is 5.97 Å². The van der Waals surface area contributed by atoms with E-state index < -0.39 is 0 Å². The predicted octanol–water partition coefficient (Wildman–Crippen LogP) is 2.55. The Balaban J connectivity index is 1.99. The van der Waals surface area contributed by atoms with Crippen molar-refractivity contribution in [2.45, 2.75) is 17.4 Å². The van der Waals surface area contributed by atoms with E-state index in [1.165, 1.54) is 25.0 Å². The summed E-state index contributed by atoms with van der Waals surface area (Å²) in [6.45, 7) is 0. The molecule has 84 valence electrons. The highest BCUT2D eigenvalue weighted by atomic mass is 32.2. The van der Waals surface area contributed by atoms with Gasteiger partial charge in [0.25, 0.3) is 0 Å². The highest BCUT2D eigenvalue weighted by molar-refractivity contribution is 8.17. The van der Waals surface area contributed by atoms with Crippen molar-refractivity contribution < 1.29 is 9.53 Å². The molecule has 1 saturated heterocycles. The Bertz CT molecular complexity index is 259. The summed E-state index contributed by atoms with van der Waals surface area (Å²) in [5.74, 6) is 2.87. The van der Waals surface area contributed by atoms with Gasteiger partial charge in [0, 0.05) is 5.92 Å². The topological polar surface area (TPSA) is 26.3 Å². The lowest BCUT2D eigenvalue weighted by molar-refractivity contribution is -0.146. The van der Waals surface area contributed by atoms with Crippen molar-refractivity contribution in [1.29, 1.82) is 0 Å². The lowest BCUT2D eigenvalue weighted by Crippen LogP contribution is -2.28. The SMILES string of the molecule is COC(=O)[C@@H]1CC=C[C@H]1C1SCCCS1. The Morgan fingerprint density at radius 2 is 2.13 bits per heavy atom. The van der Waals surface area contributed by atoms with E-state index in [1.807, 2.05) is 23.5 Å². The standard InChI is InChI=1S/C11H16O2S2/c1-13-10(12)8-4-2-5-9(8)11-14-6-3-7-15-11/h2,5,8-9,11H,3-4,6-7H2,1H3/t8-,9-/m1/s1. The van der Waals surface area contributed by atoms with Gasteiger partial charge in [-0.05, 0) is 24.3 Å². The molecule has 1 aliphatic carbocycles. The van der Waals surface area contributed by atoms with Crippen LogP contribution in [0.15, 0.2) is 12.2 Å². The maximum atomic E-state index is 11.6. The van der Waals surface area contributed by atoms with E-state index in [1.54, 1.807) is 0 Å². The normalized spacial score (nSPS) is 31.8. The minimum atomic E-state index is -0.0447. The van der Waals surface area contributed by atoms with E-state index >= 15 is 0 Å².